The minimum absolute atomic E-state index is 0.390. The van der Waals surface area contributed by atoms with Crippen LogP contribution in [-0.2, 0) is 0 Å². The van der Waals surface area contributed by atoms with Crippen LogP contribution in [0.5, 0.6) is 0 Å². The lowest BCUT2D eigenvalue weighted by Gasteiger charge is -2.40. The summed E-state index contributed by atoms with van der Waals surface area (Å²) in [6.45, 7) is 5.76. The predicted octanol–water partition coefficient (Wildman–Crippen LogP) is 3.77. The Labute approximate surface area is 119 Å². The molecule has 1 aliphatic heterocycles. The van der Waals surface area contributed by atoms with Crippen molar-refractivity contribution in [3.05, 3.63) is 35.2 Å². The van der Waals surface area contributed by atoms with E-state index in [0.29, 0.717) is 18.1 Å². The molecule has 2 nitrogen and oxygen atoms in total. The summed E-state index contributed by atoms with van der Waals surface area (Å²) < 4.78 is 1.39. The topological polar surface area (TPSA) is 29.3 Å². The highest BCUT2D eigenvalue weighted by atomic mass is 32.1. The monoisotopic (exact) mass is 274 g/mol. The molecular formula is C16H22N2S. The molecule has 102 valence electrons. The van der Waals surface area contributed by atoms with Gasteiger partial charge in [0.15, 0.2) is 0 Å². The summed E-state index contributed by atoms with van der Waals surface area (Å²) in [6, 6.07) is 12.5. The molecule has 3 heteroatoms. The maximum atomic E-state index is 6.06. The van der Waals surface area contributed by atoms with E-state index < -0.39 is 0 Å². The molecule has 3 rings (SSSR count). The molecule has 3 unspecified atom stereocenters. The number of benzene rings is 1. The number of fused-ring (bicyclic) bond motifs is 1. The molecule has 1 aromatic heterocycles. The highest BCUT2D eigenvalue weighted by molar-refractivity contribution is 7.19. The van der Waals surface area contributed by atoms with E-state index in [1.807, 2.05) is 11.3 Å². The molecule has 1 saturated heterocycles. The molecule has 0 spiro atoms. The molecule has 1 aromatic carbocycles. The van der Waals surface area contributed by atoms with E-state index in [1.165, 1.54) is 15.0 Å². The van der Waals surface area contributed by atoms with Crippen molar-refractivity contribution in [2.24, 2.45) is 5.73 Å². The number of rotatable bonds is 2. The molecule has 2 N–H and O–H groups in total. The van der Waals surface area contributed by atoms with Gasteiger partial charge in [0.25, 0.3) is 0 Å². The Kier molecular flexibility index (Phi) is 3.61. The third kappa shape index (κ3) is 2.55. The molecule has 0 radical (unpaired) electrons. The van der Waals surface area contributed by atoms with Gasteiger partial charge in [-0.2, -0.15) is 0 Å². The number of nitrogens with two attached hydrogens (primary N) is 1. The zero-order chi connectivity index (χ0) is 13.4. The Hall–Kier alpha value is -0.900. The first-order valence-corrected chi connectivity index (χ1v) is 7.96. The van der Waals surface area contributed by atoms with Crippen LogP contribution in [0.25, 0.3) is 10.1 Å². The Balaban J connectivity index is 1.84. The summed E-state index contributed by atoms with van der Waals surface area (Å²) in [6.07, 6.45) is 2.24. The number of likely N-dealkylation sites (tertiary alicyclic amines) is 1. The van der Waals surface area contributed by atoms with Gasteiger partial charge in [0, 0.05) is 34.2 Å². The molecule has 0 saturated carbocycles. The zero-order valence-corrected chi connectivity index (χ0v) is 12.5. The van der Waals surface area contributed by atoms with Crippen molar-refractivity contribution in [3.63, 3.8) is 0 Å². The SMILES string of the molecule is CC1CC(N)CCN1C(C)c1cc2ccccc2s1. The van der Waals surface area contributed by atoms with Crippen molar-refractivity contribution in [1.82, 2.24) is 4.90 Å². The molecule has 19 heavy (non-hydrogen) atoms. The summed E-state index contributed by atoms with van der Waals surface area (Å²) in [5.41, 5.74) is 6.06. The lowest BCUT2D eigenvalue weighted by molar-refractivity contribution is 0.106. The van der Waals surface area contributed by atoms with Crippen LogP contribution in [0.15, 0.2) is 30.3 Å². The normalized spacial score (nSPS) is 26.7. The van der Waals surface area contributed by atoms with E-state index >= 15 is 0 Å². The van der Waals surface area contributed by atoms with Crippen molar-refractivity contribution in [3.8, 4) is 0 Å². The van der Waals surface area contributed by atoms with Crippen LogP contribution in [0.3, 0.4) is 0 Å². The quantitative estimate of drug-likeness (QED) is 0.903. The zero-order valence-electron chi connectivity index (χ0n) is 11.7. The fraction of sp³-hybridized carbons (Fsp3) is 0.500. The van der Waals surface area contributed by atoms with Crippen LogP contribution in [0.2, 0.25) is 0 Å². The third-order valence-corrected chi connectivity index (χ3v) is 5.61. The average Bonchev–Trinajstić information content (AvgIpc) is 2.81. The number of thiophene rings is 1. The fourth-order valence-corrected chi connectivity index (χ4v) is 4.31. The molecule has 0 amide bonds. The smallest absolute Gasteiger partial charge is 0.0416 e. The third-order valence-electron chi connectivity index (χ3n) is 4.32. The van der Waals surface area contributed by atoms with Crippen LogP contribution in [0.1, 0.15) is 37.6 Å². The predicted molar refractivity (Wildman–Crippen MR) is 83.6 cm³/mol. The van der Waals surface area contributed by atoms with E-state index in [-0.39, 0.29) is 0 Å². The molecule has 3 atom stereocenters. The van der Waals surface area contributed by atoms with E-state index in [9.17, 15) is 0 Å². The van der Waals surface area contributed by atoms with Gasteiger partial charge in [-0.1, -0.05) is 18.2 Å². The van der Waals surface area contributed by atoms with Crippen LogP contribution in [-0.4, -0.2) is 23.5 Å². The van der Waals surface area contributed by atoms with Crippen molar-refractivity contribution >= 4 is 21.4 Å². The van der Waals surface area contributed by atoms with E-state index in [4.69, 9.17) is 5.73 Å². The highest BCUT2D eigenvalue weighted by Gasteiger charge is 2.28. The van der Waals surface area contributed by atoms with Crippen molar-refractivity contribution in [2.75, 3.05) is 6.54 Å². The summed E-state index contributed by atoms with van der Waals surface area (Å²) in [5.74, 6) is 0. The van der Waals surface area contributed by atoms with Gasteiger partial charge in [0.2, 0.25) is 0 Å². The van der Waals surface area contributed by atoms with Crippen molar-refractivity contribution in [1.29, 1.82) is 0 Å². The number of nitrogens with zero attached hydrogens (tertiary/aromatic N) is 1. The second kappa shape index (κ2) is 5.23. The van der Waals surface area contributed by atoms with Crippen LogP contribution >= 0.6 is 11.3 Å². The second-order valence-electron chi connectivity index (χ2n) is 5.73. The largest absolute Gasteiger partial charge is 0.328 e. The van der Waals surface area contributed by atoms with Crippen molar-refractivity contribution < 1.29 is 0 Å². The van der Waals surface area contributed by atoms with Gasteiger partial charge in [-0.3, -0.25) is 4.90 Å². The number of hydrogen-bond donors (Lipinski definition) is 1. The molecule has 1 fully saturated rings. The standard InChI is InChI=1S/C16H22N2S/c1-11-9-14(17)7-8-18(11)12(2)16-10-13-5-3-4-6-15(13)19-16/h3-6,10-12,14H,7-9,17H2,1-2H3. The van der Waals surface area contributed by atoms with E-state index in [2.05, 4.69) is 49.1 Å². The summed E-state index contributed by atoms with van der Waals surface area (Å²) in [4.78, 5) is 4.08. The molecular weight excluding hydrogens is 252 g/mol. The van der Waals surface area contributed by atoms with Crippen LogP contribution in [0, 0.1) is 0 Å². The van der Waals surface area contributed by atoms with E-state index in [1.54, 1.807) is 0 Å². The lowest BCUT2D eigenvalue weighted by atomic mass is 9.97. The maximum Gasteiger partial charge on any atom is 0.0416 e. The van der Waals surface area contributed by atoms with Gasteiger partial charge in [-0.25, -0.2) is 0 Å². The minimum atomic E-state index is 0.390. The summed E-state index contributed by atoms with van der Waals surface area (Å²) in [5, 5.41) is 1.37. The summed E-state index contributed by atoms with van der Waals surface area (Å²) >= 11 is 1.93. The van der Waals surface area contributed by atoms with Gasteiger partial charge >= 0.3 is 0 Å². The highest BCUT2D eigenvalue weighted by Crippen LogP contribution is 2.35. The maximum absolute atomic E-state index is 6.06. The first-order valence-electron chi connectivity index (χ1n) is 7.15. The Morgan fingerprint density at radius 2 is 2.16 bits per heavy atom. The number of piperidine rings is 1. The second-order valence-corrected chi connectivity index (χ2v) is 6.85. The molecule has 1 aliphatic rings. The summed E-state index contributed by atoms with van der Waals surface area (Å²) in [7, 11) is 0. The van der Waals surface area contributed by atoms with Crippen LogP contribution in [0.4, 0.5) is 0 Å². The minimum Gasteiger partial charge on any atom is -0.328 e. The Bertz CT molecular complexity index is 530. The van der Waals surface area contributed by atoms with Crippen molar-refractivity contribution in [2.45, 2.75) is 44.8 Å². The lowest BCUT2D eigenvalue weighted by Crippen LogP contribution is -2.46. The molecule has 0 bridgehead atoms. The van der Waals surface area contributed by atoms with Gasteiger partial charge in [-0.05, 0) is 44.2 Å². The van der Waals surface area contributed by atoms with Crippen LogP contribution < -0.4 is 5.73 Å². The van der Waals surface area contributed by atoms with Gasteiger partial charge < -0.3 is 5.73 Å². The van der Waals surface area contributed by atoms with E-state index in [0.717, 1.165) is 19.4 Å². The molecule has 0 aliphatic carbocycles. The first kappa shape index (κ1) is 13.1. The fourth-order valence-electron chi connectivity index (χ4n) is 3.17. The van der Waals surface area contributed by atoms with Gasteiger partial charge in [0.1, 0.15) is 0 Å². The van der Waals surface area contributed by atoms with Gasteiger partial charge in [0.05, 0.1) is 0 Å². The molecule has 2 heterocycles. The van der Waals surface area contributed by atoms with Gasteiger partial charge in [-0.15, -0.1) is 11.3 Å². The number of hydrogen-bond acceptors (Lipinski definition) is 3. The Morgan fingerprint density at radius 1 is 1.37 bits per heavy atom. The Morgan fingerprint density at radius 3 is 2.89 bits per heavy atom. The average molecular weight is 274 g/mol. The molecule has 2 aromatic rings. The first-order chi connectivity index (χ1) is 9.15.